The number of nitriles is 1. The minimum Gasteiger partial charge on any atom is -0.493 e. The lowest BCUT2D eigenvalue weighted by molar-refractivity contribution is 0.0729. The molecular formula is C27H34N2O3. The molecule has 1 aliphatic rings. The number of rotatable bonds is 8. The molecule has 1 fully saturated rings. The van der Waals surface area contributed by atoms with Gasteiger partial charge in [0, 0.05) is 6.54 Å². The molecule has 2 aromatic carbocycles. The molecule has 0 amide bonds. The van der Waals surface area contributed by atoms with Gasteiger partial charge in [-0.15, -0.1) is 0 Å². The number of ether oxygens (including phenoxy) is 2. The van der Waals surface area contributed by atoms with Gasteiger partial charge in [0.2, 0.25) is 0 Å². The number of unbranched alkanes of at least 4 members (excludes halogenated alkanes) is 1. The van der Waals surface area contributed by atoms with Gasteiger partial charge in [0.05, 0.1) is 18.2 Å². The minimum absolute atomic E-state index is 0.338. The summed E-state index contributed by atoms with van der Waals surface area (Å²) in [6.07, 6.45) is 4.16. The van der Waals surface area contributed by atoms with Gasteiger partial charge in [-0.2, -0.15) is 5.26 Å². The average Bonchev–Trinajstić information content (AvgIpc) is 2.76. The number of carbonyl (C=O) groups is 1. The second-order valence-electron chi connectivity index (χ2n) is 9.37. The van der Waals surface area contributed by atoms with Crippen molar-refractivity contribution in [1.82, 2.24) is 4.90 Å². The van der Waals surface area contributed by atoms with E-state index in [0.717, 1.165) is 44.3 Å². The van der Waals surface area contributed by atoms with Crippen LogP contribution in [-0.4, -0.2) is 30.6 Å². The van der Waals surface area contributed by atoms with Crippen LogP contribution >= 0.6 is 0 Å². The molecule has 0 spiro atoms. The van der Waals surface area contributed by atoms with Gasteiger partial charge >= 0.3 is 5.97 Å². The molecule has 32 heavy (non-hydrogen) atoms. The molecule has 0 N–H and O–H groups in total. The van der Waals surface area contributed by atoms with Crippen molar-refractivity contribution in [2.45, 2.75) is 59.9 Å². The zero-order valence-electron chi connectivity index (χ0n) is 19.7. The molecule has 0 aromatic heterocycles. The SMILES string of the molecule is CCCCOc1cc(CN2CCC(C)(C)CC2)c(C#N)c(C)c1C(=O)Oc1ccccc1. The van der Waals surface area contributed by atoms with E-state index in [1.54, 1.807) is 12.1 Å². The number of nitrogens with zero attached hydrogens (tertiary/aromatic N) is 2. The van der Waals surface area contributed by atoms with Crippen LogP contribution in [0.2, 0.25) is 0 Å². The van der Waals surface area contributed by atoms with Crippen LogP contribution in [0.3, 0.4) is 0 Å². The Morgan fingerprint density at radius 3 is 2.50 bits per heavy atom. The monoisotopic (exact) mass is 434 g/mol. The lowest BCUT2D eigenvalue weighted by atomic mass is 9.82. The van der Waals surface area contributed by atoms with Gasteiger partial charge in [-0.3, -0.25) is 4.90 Å². The van der Waals surface area contributed by atoms with Gasteiger partial charge in [-0.05, 0) is 74.0 Å². The number of hydrogen-bond acceptors (Lipinski definition) is 5. The Bertz CT molecular complexity index is 967. The highest BCUT2D eigenvalue weighted by Gasteiger charge is 2.28. The highest BCUT2D eigenvalue weighted by atomic mass is 16.5. The van der Waals surface area contributed by atoms with Gasteiger partial charge in [0.1, 0.15) is 17.1 Å². The third-order valence-corrected chi connectivity index (χ3v) is 6.25. The summed E-state index contributed by atoms with van der Waals surface area (Å²) in [4.78, 5) is 15.5. The Morgan fingerprint density at radius 1 is 1.19 bits per heavy atom. The molecule has 3 rings (SSSR count). The first kappa shape index (κ1) is 23.8. The largest absolute Gasteiger partial charge is 0.493 e. The fourth-order valence-corrected chi connectivity index (χ4v) is 4.03. The van der Waals surface area contributed by atoms with Crippen LogP contribution in [0.15, 0.2) is 36.4 Å². The van der Waals surface area contributed by atoms with Gasteiger partial charge in [-0.1, -0.05) is 45.4 Å². The van der Waals surface area contributed by atoms with E-state index in [1.165, 1.54) is 0 Å². The van der Waals surface area contributed by atoms with E-state index in [0.29, 0.717) is 46.8 Å². The highest BCUT2D eigenvalue weighted by molar-refractivity contribution is 5.96. The summed E-state index contributed by atoms with van der Waals surface area (Å²) in [5.41, 5.74) is 2.77. The third kappa shape index (κ3) is 5.89. The zero-order valence-corrected chi connectivity index (χ0v) is 19.7. The van der Waals surface area contributed by atoms with E-state index in [9.17, 15) is 10.1 Å². The lowest BCUT2D eigenvalue weighted by Crippen LogP contribution is -2.37. The first-order valence-electron chi connectivity index (χ1n) is 11.5. The first-order chi connectivity index (χ1) is 15.3. The fourth-order valence-electron chi connectivity index (χ4n) is 4.03. The molecule has 1 saturated heterocycles. The van der Waals surface area contributed by atoms with Gasteiger partial charge in [0.25, 0.3) is 0 Å². The van der Waals surface area contributed by atoms with E-state index in [2.05, 4.69) is 31.7 Å². The molecule has 1 aliphatic heterocycles. The lowest BCUT2D eigenvalue weighted by Gasteiger charge is -2.37. The molecule has 2 aromatic rings. The van der Waals surface area contributed by atoms with Gasteiger partial charge < -0.3 is 9.47 Å². The van der Waals surface area contributed by atoms with E-state index in [-0.39, 0.29) is 0 Å². The number of para-hydroxylation sites is 1. The first-order valence-corrected chi connectivity index (χ1v) is 11.5. The van der Waals surface area contributed by atoms with Crippen molar-refractivity contribution in [1.29, 1.82) is 5.26 Å². The van der Waals surface area contributed by atoms with Crippen molar-refractivity contribution in [3.05, 3.63) is 58.7 Å². The maximum absolute atomic E-state index is 13.1. The van der Waals surface area contributed by atoms with Crippen LogP contribution in [0.25, 0.3) is 0 Å². The Morgan fingerprint density at radius 2 is 1.88 bits per heavy atom. The normalized spacial score (nSPS) is 15.7. The summed E-state index contributed by atoms with van der Waals surface area (Å²) in [6.45, 7) is 11.7. The van der Waals surface area contributed by atoms with Crippen LogP contribution in [0.5, 0.6) is 11.5 Å². The maximum Gasteiger partial charge on any atom is 0.347 e. The van der Waals surface area contributed by atoms with Crippen LogP contribution in [-0.2, 0) is 6.54 Å². The maximum atomic E-state index is 13.1. The van der Waals surface area contributed by atoms with Crippen LogP contribution in [0, 0.1) is 23.7 Å². The quantitative estimate of drug-likeness (QED) is 0.295. The van der Waals surface area contributed by atoms with Crippen molar-refractivity contribution in [3.8, 4) is 17.6 Å². The third-order valence-electron chi connectivity index (χ3n) is 6.25. The highest BCUT2D eigenvalue weighted by Crippen LogP contribution is 2.34. The molecule has 0 bridgehead atoms. The summed E-state index contributed by atoms with van der Waals surface area (Å²) in [7, 11) is 0. The molecule has 0 saturated carbocycles. The predicted molar refractivity (Wildman–Crippen MR) is 126 cm³/mol. The van der Waals surface area contributed by atoms with Crippen molar-refractivity contribution < 1.29 is 14.3 Å². The minimum atomic E-state index is -0.497. The molecule has 0 atom stereocenters. The zero-order chi connectivity index (χ0) is 23.1. The summed E-state index contributed by atoms with van der Waals surface area (Å²) in [6, 6.07) is 13.2. The number of likely N-dealkylation sites (tertiary alicyclic amines) is 1. The average molecular weight is 435 g/mol. The molecule has 0 unspecified atom stereocenters. The van der Waals surface area contributed by atoms with Crippen molar-refractivity contribution >= 4 is 5.97 Å². The van der Waals surface area contributed by atoms with E-state index < -0.39 is 5.97 Å². The number of hydrogen-bond donors (Lipinski definition) is 0. The standard InChI is InChI=1S/C27H34N2O3/c1-5-6-16-31-24-17-21(19-29-14-12-27(3,4)13-15-29)23(18-28)20(2)25(24)26(30)32-22-10-8-7-9-11-22/h7-11,17H,5-6,12-16,19H2,1-4H3. The number of carbonyl (C=O) groups excluding carboxylic acids is 1. The Balaban J connectivity index is 1.93. The second-order valence-corrected chi connectivity index (χ2v) is 9.37. The Labute approximate surface area is 191 Å². The summed E-state index contributed by atoms with van der Waals surface area (Å²) in [5.74, 6) is 0.473. The Kier molecular flexibility index (Phi) is 7.93. The summed E-state index contributed by atoms with van der Waals surface area (Å²) < 4.78 is 11.7. The predicted octanol–water partition coefficient (Wildman–Crippen LogP) is 5.89. The molecule has 5 nitrogen and oxygen atoms in total. The summed E-state index contributed by atoms with van der Waals surface area (Å²) >= 11 is 0. The Hall–Kier alpha value is -2.84. The van der Waals surface area contributed by atoms with Crippen molar-refractivity contribution in [2.75, 3.05) is 19.7 Å². The van der Waals surface area contributed by atoms with Crippen LogP contribution < -0.4 is 9.47 Å². The van der Waals surface area contributed by atoms with Crippen molar-refractivity contribution in [2.24, 2.45) is 5.41 Å². The molecule has 1 heterocycles. The molecular weight excluding hydrogens is 400 g/mol. The molecule has 0 radical (unpaired) electrons. The van der Waals surface area contributed by atoms with Crippen LogP contribution in [0.4, 0.5) is 0 Å². The second kappa shape index (κ2) is 10.7. The van der Waals surface area contributed by atoms with E-state index in [1.807, 2.05) is 31.2 Å². The summed E-state index contributed by atoms with van der Waals surface area (Å²) in [5, 5.41) is 9.95. The molecule has 0 aliphatic carbocycles. The van der Waals surface area contributed by atoms with E-state index in [4.69, 9.17) is 9.47 Å². The smallest absolute Gasteiger partial charge is 0.347 e. The van der Waals surface area contributed by atoms with E-state index >= 15 is 0 Å². The van der Waals surface area contributed by atoms with Crippen LogP contribution in [0.1, 0.15) is 73.5 Å². The number of esters is 1. The fraction of sp³-hybridized carbons (Fsp3) is 0.481. The molecule has 170 valence electrons. The number of piperidine rings is 1. The van der Waals surface area contributed by atoms with Gasteiger partial charge in [0.15, 0.2) is 0 Å². The van der Waals surface area contributed by atoms with Gasteiger partial charge in [-0.25, -0.2) is 4.79 Å². The van der Waals surface area contributed by atoms with Crippen molar-refractivity contribution in [3.63, 3.8) is 0 Å². The number of benzene rings is 2. The molecule has 5 heteroatoms. The topological polar surface area (TPSA) is 62.6 Å².